The number of aromatic nitrogens is 4. The molecule has 1 fully saturated rings. The maximum Gasteiger partial charge on any atom is 0.165 e. The van der Waals surface area contributed by atoms with Crippen LogP contribution in [0.5, 0.6) is 0 Å². The van der Waals surface area contributed by atoms with Gasteiger partial charge in [0.1, 0.15) is 5.82 Å². The molecule has 3 heterocycles. The maximum absolute atomic E-state index is 12.7. The van der Waals surface area contributed by atoms with Gasteiger partial charge in [-0.1, -0.05) is 36.4 Å². The number of ether oxygens (including phenoxy) is 2. The number of hydrogen-bond donors (Lipinski definition) is 1. The molecule has 0 amide bonds. The number of carbonyl (C=O) groups excluding carboxylic acids is 1. The first-order valence-corrected chi connectivity index (χ1v) is 12.8. The number of Topliss-reactive ketones (excluding diaryl/α,β-unsaturated/α-hetero) is 1. The number of methoxy groups -OCH3 is 1. The maximum atomic E-state index is 12.7. The Labute approximate surface area is 216 Å². The number of anilines is 1. The van der Waals surface area contributed by atoms with Gasteiger partial charge in [0.05, 0.1) is 36.4 Å². The molecular formula is C29H33N5O3. The van der Waals surface area contributed by atoms with Crippen LogP contribution in [0, 0.1) is 5.92 Å². The molecule has 0 unspecified atom stereocenters. The van der Waals surface area contributed by atoms with Crippen molar-refractivity contribution < 1.29 is 14.3 Å². The van der Waals surface area contributed by atoms with Crippen molar-refractivity contribution >= 4 is 17.2 Å². The molecule has 1 aromatic carbocycles. The average Bonchev–Trinajstić information content (AvgIpc) is 3.36. The fourth-order valence-electron chi connectivity index (χ4n) is 5.22. The molecule has 1 saturated carbocycles. The second-order valence-electron chi connectivity index (χ2n) is 9.69. The summed E-state index contributed by atoms with van der Waals surface area (Å²) in [7, 11) is 1.68. The van der Waals surface area contributed by atoms with Crippen LogP contribution in [0.25, 0.3) is 28.0 Å². The highest BCUT2D eigenvalue weighted by Crippen LogP contribution is 2.39. The Balaban J connectivity index is 1.43. The molecule has 37 heavy (non-hydrogen) atoms. The van der Waals surface area contributed by atoms with Crippen molar-refractivity contribution in [3.05, 3.63) is 66.1 Å². The molecule has 8 heteroatoms. The number of nitrogens with two attached hydrogens (primary N) is 1. The van der Waals surface area contributed by atoms with E-state index in [9.17, 15) is 4.79 Å². The molecule has 8 nitrogen and oxygen atoms in total. The normalized spacial score (nSPS) is 17.8. The van der Waals surface area contributed by atoms with Gasteiger partial charge in [-0.2, -0.15) is 9.61 Å². The van der Waals surface area contributed by atoms with Gasteiger partial charge >= 0.3 is 0 Å². The smallest absolute Gasteiger partial charge is 0.165 e. The third-order valence-corrected chi connectivity index (χ3v) is 7.23. The summed E-state index contributed by atoms with van der Waals surface area (Å²) in [6.45, 7) is 3.52. The number of benzene rings is 1. The highest BCUT2D eigenvalue weighted by molar-refractivity contribution is 6.00. The zero-order chi connectivity index (χ0) is 25.8. The van der Waals surface area contributed by atoms with Gasteiger partial charge < -0.3 is 15.2 Å². The second-order valence-corrected chi connectivity index (χ2v) is 9.69. The number of pyridine rings is 1. The van der Waals surface area contributed by atoms with Crippen LogP contribution in [-0.2, 0) is 9.47 Å². The third-order valence-electron chi connectivity index (χ3n) is 7.23. The largest absolute Gasteiger partial charge is 0.383 e. The van der Waals surface area contributed by atoms with E-state index >= 15 is 0 Å². The van der Waals surface area contributed by atoms with Crippen LogP contribution in [0.2, 0.25) is 0 Å². The monoisotopic (exact) mass is 499 g/mol. The fraction of sp³-hybridized carbons (Fsp3) is 0.379. The van der Waals surface area contributed by atoms with Gasteiger partial charge in [0, 0.05) is 42.5 Å². The highest BCUT2D eigenvalue weighted by Gasteiger charge is 2.29. The minimum Gasteiger partial charge on any atom is -0.383 e. The summed E-state index contributed by atoms with van der Waals surface area (Å²) in [5.74, 6) is 0.938. The van der Waals surface area contributed by atoms with Crippen LogP contribution in [-0.4, -0.2) is 52.3 Å². The SMILES string of the molecule is COCCOCC1CCC(c2nc3c(-c4ccc(-c5ccccc5)nc4)cnn3c(N)c2C(C)=O)CC1. The lowest BCUT2D eigenvalue weighted by Crippen LogP contribution is -2.22. The van der Waals surface area contributed by atoms with E-state index < -0.39 is 0 Å². The molecule has 5 rings (SSSR count). The van der Waals surface area contributed by atoms with E-state index in [1.54, 1.807) is 24.7 Å². The van der Waals surface area contributed by atoms with E-state index in [1.807, 2.05) is 48.7 Å². The van der Waals surface area contributed by atoms with Crippen LogP contribution in [0.1, 0.15) is 54.6 Å². The van der Waals surface area contributed by atoms with Crippen LogP contribution in [0.3, 0.4) is 0 Å². The molecule has 2 N–H and O–H groups in total. The van der Waals surface area contributed by atoms with Crippen LogP contribution >= 0.6 is 0 Å². The van der Waals surface area contributed by atoms with Crippen molar-refractivity contribution in [3.8, 4) is 22.4 Å². The summed E-state index contributed by atoms with van der Waals surface area (Å²) >= 11 is 0. The highest BCUT2D eigenvalue weighted by atomic mass is 16.5. The Hall–Kier alpha value is -3.62. The lowest BCUT2D eigenvalue weighted by molar-refractivity contribution is 0.0423. The Morgan fingerprint density at radius 1 is 1.03 bits per heavy atom. The summed E-state index contributed by atoms with van der Waals surface area (Å²) in [5.41, 5.74) is 12.2. The molecule has 0 saturated heterocycles. The van der Waals surface area contributed by atoms with E-state index in [2.05, 4.69) is 10.1 Å². The third kappa shape index (κ3) is 5.26. The van der Waals surface area contributed by atoms with E-state index in [1.165, 1.54) is 0 Å². The number of nitrogen functional groups attached to an aromatic ring is 1. The Morgan fingerprint density at radius 3 is 2.49 bits per heavy atom. The number of ketones is 1. The predicted molar refractivity (Wildman–Crippen MR) is 143 cm³/mol. The van der Waals surface area contributed by atoms with Crippen molar-refractivity contribution in [2.24, 2.45) is 5.92 Å². The van der Waals surface area contributed by atoms with Gasteiger partial charge in [-0.25, -0.2) is 4.98 Å². The second kappa shape index (κ2) is 11.2. The minimum atomic E-state index is -0.0853. The van der Waals surface area contributed by atoms with Crippen LogP contribution in [0.15, 0.2) is 54.9 Å². The van der Waals surface area contributed by atoms with Gasteiger partial charge in [0.2, 0.25) is 0 Å². The Morgan fingerprint density at radius 2 is 1.81 bits per heavy atom. The molecule has 1 aliphatic carbocycles. The first kappa shape index (κ1) is 25.0. The predicted octanol–water partition coefficient (Wildman–Crippen LogP) is 5.18. The van der Waals surface area contributed by atoms with E-state index in [0.717, 1.165) is 60.4 Å². The summed E-state index contributed by atoms with van der Waals surface area (Å²) in [5, 5.41) is 4.49. The molecule has 4 aromatic rings. The molecule has 3 aromatic heterocycles. The number of hydrogen-bond acceptors (Lipinski definition) is 7. The first-order valence-electron chi connectivity index (χ1n) is 12.8. The van der Waals surface area contributed by atoms with Crippen LogP contribution < -0.4 is 5.73 Å². The number of fused-ring (bicyclic) bond motifs is 1. The number of nitrogens with zero attached hydrogens (tertiary/aromatic N) is 4. The van der Waals surface area contributed by atoms with Crippen molar-refractivity contribution in [1.82, 2.24) is 19.6 Å². The van der Waals surface area contributed by atoms with Gasteiger partial charge in [0.25, 0.3) is 0 Å². The fourth-order valence-corrected chi connectivity index (χ4v) is 5.22. The van der Waals surface area contributed by atoms with E-state index in [0.29, 0.717) is 36.2 Å². The summed E-state index contributed by atoms with van der Waals surface area (Å²) in [6.07, 6.45) is 7.53. The molecule has 0 bridgehead atoms. The van der Waals surface area contributed by atoms with Crippen molar-refractivity contribution in [3.63, 3.8) is 0 Å². The topological polar surface area (TPSA) is 105 Å². The minimum absolute atomic E-state index is 0.0853. The summed E-state index contributed by atoms with van der Waals surface area (Å²) in [4.78, 5) is 22.4. The Bertz CT molecular complexity index is 1360. The molecular weight excluding hydrogens is 466 g/mol. The van der Waals surface area contributed by atoms with Crippen LogP contribution in [0.4, 0.5) is 5.82 Å². The summed E-state index contributed by atoms with van der Waals surface area (Å²) < 4.78 is 12.4. The Kier molecular flexibility index (Phi) is 7.58. The first-order chi connectivity index (χ1) is 18.1. The molecule has 0 aliphatic heterocycles. The zero-order valence-electron chi connectivity index (χ0n) is 21.4. The van der Waals surface area contributed by atoms with Crippen molar-refractivity contribution in [2.45, 2.75) is 38.5 Å². The quantitative estimate of drug-likeness (QED) is 0.250. The van der Waals surface area contributed by atoms with E-state index in [-0.39, 0.29) is 11.7 Å². The lowest BCUT2D eigenvalue weighted by atomic mass is 9.79. The summed E-state index contributed by atoms with van der Waals surface area (Å²) in [6, 6.07) is 14.1. The molecule has 0 spiro atoms. The lowest BCUT2D eigenvalue weighted by Gasteiger charge is -2.29. The van der Waals surface area contributed by atoms with Gasteiger partial charge in [-0.05, 0) is 44.6 Å². The average molecular weight is 500 g/mol. The number of rotatable bonds is 9. The van der Waals surface area contributed by atoms with E-state index in [4.69, 9.17) is 20.2 Å². The molecule has 0 atom stereocenters. The number of carbonyl (C=O) groups is 1. The van der Waals surface area contributed by atoms with Gasteiger partial charge in [-0.3, -0.25) is 9.78 Å². The molecule has 192 valence electrons. The molecule has 1 aliphatic rings. The standard InChI is InChI=1S/C29H33N5O3/c1-19(35)26-27(22-10-8-20(9-11-22)18-37-15-14-36-2)33-29-24(17-32-34(29)28(26)30)23-12-13-25(31-16-23)21-6-4-3-5-7-21/h3-7,12-13,16-17,20,22H,8-11,14-15,18,30H2,1-2H3. The van der Waals surface area contributed by atoms with Gasteiger partial charge in [-0.15, -0.1) is 0 Å². The van der Waals surface area contributed by atoms with Gasteiger partial charge in [0.15, 0.2) is 11.4 Å². The zero-order valence-corrected chi connectivity index (χ0v) is 21.4. The van der Waals surface area contributed by atoms with Crippen molar-refractivity contribution in [2.75, 3.05) is 32.7 Å². The van der Waals surface area contributed by atoms with Crippen molar-refractivity contribution in [1.29, 1.82) is 0 Å². The molecule has 0 radical (unpaired) electrons.